The fourth-order valence-electron chi connectivity index (χ4n) is 5.08. The van der Waals surface area contributed by atoms with Crippen molar-refractivity contribution in [2.75, 3.05) is 37.6 Å². The molecule has 1 atom stereocenters. The van der Waals surface area contributed by atoms with E-state index in [0.717, 1.165) is 74.0 Å². The van der Waals surface area contributed by atoms with Gasteiger partial charge >= 0.3 is 0 Å². The Morgan fingerprint density at radius 2 is 1.88 bits per heavy atom. The Morgan fingerprint density at radius 3 is 2.76 bits per heavy atom. The third-order valence-electron chi connectivity index (χ3n) is 6.78. The van der Waals surface area contributed by atoms with Crippen molar-refractivity contribution in [2.24, 2.45) is 0 Å². The van der Waals surface area contributed by atoms with Gasteiger partial charge in [0.15, 0.2) is 0 Å². The van der Waals surface area contributed by atoms with Gasteiger partial charge in [-0.2, -0.15) is 0 Å². The molecule has 1 fully saturated rings. The number of phenolic OH excluding ortho intramolecular Hbond substituents is 1. The van der Waals surface area contributed by atoms with Gasteiger partial charge in [0.25, 0.3) is 0 Å². The summed E-state index contributed by atoms with van der Waals surface area (Å²) in [6, 6.07) is 17.8. The van der Waals surface area contributed by atoms with Crippen molar-refractivity contribution in [3.8, 4) is 11.5 Å². The second kappa shape index (κ2) is 10.0. The lowest BCUT2D eigenvalue weighted by Crippen LogP contribution is -2.31. The first-order chi connectivity index (χ1) is 16.2. The number of fused-ring (bicyclic) bond motifs is 2. The maximum Gasteiger partial charge on any atom is 0.131 e. The van der Waals surface area contributed by atoms with Gasteiger partial charge in [0.05, 0.1) is 5.69 Å². The number of nitrogens with zero attached hydrogens (tertiary/aromatic N) is 3. The van der Waals surface area contributed by atoms with Crippen molar-refractivity contribution in [1.29, 1.82) is 0 Å². The van der Waals surface area contributed by atoms with E-state index in [-0.39, 0.29) is 11.7 Å². The summed E-state index contributed by atoms with van der Waals surface area (Å²) in [6.07, 6.45) is 5.06. The van der Waals surface area contributed by atoms with Crippen LogP contribution in [0.25, 0.3) is 0 Å². The number of ether oxygens (including phenoxy) is 1. The van der Waals surface area contributed by atoms with Crippen molar-refractivity contribution >= 4 is 17.3 Å². The summed E-state index contributed by atoms with van der Waals surface area (Å²) >= 11 is 6.06. The lowest BCUT2D eigenvalue weighted by Gasteiger charge is -2.24. The maximum absolute atomic E-state index is 10.1. The Labute approximate surface area is 200 Å². The molecule has 33 heavy (non-hydrogen) atoms. The van der Waals surface area contributed by atoms with E-state index in [1.165, 1.54) is 11.3 Å². The normalized spacial score (nSPS) is 18.6. The van der Waals surface area contributed by atoms with Crippen LogP contribution in [0.15, 0.2) is 60.8 Å². The highest BCUT2D eigenvalue weighted by Gasteiger charge is 2.26. The van der Waals surface area contributed by atoms with Crippen LogP contribution in [-0.2, 0) is 6.61 Å². The second-order valence-corrected chi connectivity index (χ2v) is 9.34. The van der Waals surface area contributed by atoms with E-state index in [9.17, 15) is 5.11 Å². The molecule has 3 aromatic rings. The predicted octanol–water partition coefficient (Wildman–Crippen LogP) is 5.46. The largest absolute Gasteiger partial charge is 0.508 e. The molecule has 2 aliphatic heterocycles. The molecule has 2 aromatic carbocycles. The summed E-state index contributed by atoms with van der Waals surface area (Å²) in [5.41, 5.74) is 4.52. The lowest BCUT2D eigenvalue weighted by atomic mass is 9.86. The molecule has 0 amide bonds. The van der Waals surface area contributed by atoms with Crippen molar-refractivity contribution < 1.29 is 9.84 Å². The molecule has 1 N–H and O–H groups in total. The molecule has 1 aromatic heterocycles. The van der Waals surface area contributed by atoms with E-state index in [1.807, 2.05) is 36.5 Å². The van der Waals surface area contributed by atoms with Gasteiger partial charge in [0, 0.05) is 48.0 Å². The number of benzene rings is 2. The zero-order chi connectivity index (χ0) is 22.6. The first-order valence-corrected chi connectivity index (χ1v) is 12.2. The number of aromatic nitrogens is 1. The minimum absolute atomic E-state index is 0.177. The molecule has 2 aliphatic rings. The van der Waals surface area contributed by atoms with Crippen LogP contribution in [0.4, 0.5) is 5.69 Å². The van der Waals surface area contributed by atoms with Gasteiger partial charge in [-0.05, 0) is 86.4 Å². The van der Waals surface area contributed by atoms with Gasteiger partial charge in [0.2, 0.25) is 0 Å². The Balaban J connectivity index is 1.24. The first kappa shape index (κ1) is 22.1. The molecule has 5 nitrogen and oxygen atoms in total. The number of hydrogen-bond acceptors (Lipinski definition) is 5. The fourth-order valence-corrected chi connectivity index (χ4v) is 5.20. The number of anilines is 1. The fraction of sp³-hybridized carbons (Fsp3) is 0.370. The van der Waals surface area contributed by atoms with E-state index in [0.29, 0.717) is 6.61 Å². The topological polar surface area (TPSA) is 48.8 Å². The molecule has 1 unspecified atom stereocenters. The lowest BCUT2D eigenvalue weighted by molar-refractivity contribution is 0.285. The molecule has 0 spiro atoms. The van der Waals surface area contributed by atoms with E-state index in [4.69, 9.17) is 16.3 Å². The average molecular weight is 464 g/mol. The highest BCUT2D eigenvalue weighted by Crippen LogP contribution is 2.41. The van der Waals surface area contributed by atoms with E-state index >= 15 is 0 Å². The van der Waals surface area contributed by atoms with E-state index < -0.39 is 0 Å². The third kappa shape index (κ3) is 5.10. The number of hydrogen-bond donors (Lipinski definition) is 1. The van der Waals surface area contributed by atoms with Crippen molar-refractivity contribution in [2.45, 2.75) is 31.8 Å². The van der Waals surface area contributed by atoms with Gasteiger partial charge in [-0.25, -0.2) is 0 Å². The Morgan fingerprint density at radius 1 is 1.00 bits per heavy atom. The average Bonchev–Trinajstić information content (AvgIpc) is 3.15. The van der Waals surface area contributed by atoms with Crippen molar-refractivity contribution in [1.82, 2.24) is 9.88 Å². The number of halogens is 1. The number of rotatable bonds is 5. The summed E-state index contributed by atoms with van der Waals surface area (Å²) in [7, 11) is 0. The van der Waals surface area contributed by atoms with Crippen LogP contribution < -0.4 is 9.64 Å². The predicted molar refractivity (Wildman–Crippen MR) is 132 cm³/mol. The SMILES string of the molecule is Oc1ccc2c(c1)C(CCCN1CCCN(c3ccc(Cl)cc3)CC1)c1cccnc1CO2. The minimum Gasteiger partial charge on any atom is -0.508 e. The summed E-state index contributed by atoms with van der Waals surface area (Å²) in [4.78, 5) is 9.61. The molecule has 0 saturated carbocycles. The molecule has 1 saturated heterocycles. The zero-order valence-corrected chi connectivity index (χ0v) is 19.5. The monoisotopic (exact) mass is 463 g/mol. The summed E-state index contributed by atoms with van der Waals surface area (Å²) in [6.45, 7) is 5.82. The van der Waals surface area contributed by atoms with Gasteiger partial charge in [-0.1, -0.05) is 17.7 Å². The molecule has 3 heterocycles. The Bertz CT molecular complexity index is 1090. The van der Waals surface area contributed by atoms with Crippen LogP contribution in [-0.4, -0.2) is 47.7 Å². The highest BCUT2D eigenvalue weighted by atomic mass is 35.5. The Kier molecular flexibility index (Phi) is 6.70. The Hall–Kier alpha value is -2.76. The molecule has 0 aliphatic carbocycles. The summed E-state index contributed by atoms with van der Waals surface area (Å²) in [5.74, 6) is 1.31. The first-order valence-electron chi connectivity index (χ1n) is 11.8. The van der Waals surface area contributed by atoms with E-state index in [1.54, 1.807) is 6.07 Å². The number of phenols is 1. The summed E-state index contributed by atoms with van der Waals surface area (Å²) in [5, 5.41) is 10.9. The number of pyridine rings is 1. The quantitative estimate of drug-likeness (QED) is 0.544. The zero-order valence-electron chi connectivity index (χ0n) is 18.8. The molecular formula is C27H30ClN3O2. The maximum atomic E-state index is 10.1. The standard InChI is InChI=1S/C27H30ClN3O2/c28-20-6-8-21(9-7-20)31-15-3-14-30(16-17-31)13-2-5-23-24-4-1-12-29-26(24)19-33-27-11-10-22(32)18-25(23)27/h1,4,6-12,18,23,32H,2-3,5,13-17,19H2. The van der Waals surface area contributed by atoms with Crippen LogP contribution in [0.1, 0.15) is 42.0 Å². The van der Waals surface area contributed by atoms with Gasteiger partial charge < -0.3 is 19.6 Å². The highest BCUT2D eigenvalue weighted by molar-refractivity contribution is 6.30. The van der Waals surface area contributed by atoms with Crippen LogP contribution in [0.3, 0.4) is 0 Å². The molecule has 172 valence electrons. The number of aromatic hydroxyl groups is 1. The van der Waals surface area contributed by atoms with Gasteiger partial charge in [0.1, 0.15) is 18.1 Å². The van der Waals surface area contributed by atoms with Crippen LogP contribution >= 0.6 is 11.6 Å². The van der Waals surface area contributed by atoms with Crippen LogP contribution in [0.5, 0.6) is 11.5 Å². The minimum atomic E-state index is 0.177. The molecule has 5 rings (SSSR count). The molecule has 0 radical (unpaired) electrons. The third-order valence-corrected chi connectivity index (χ3v) is 7.03. The molecule has 0 bridgehead atoms. The van der Waals surface area contributed by atoms with E-state index in [2.05, 4.69) is 33.0 Å². The van der Waals surface area contributed by atoms with Gasteiger partial charge in [-0.15, -0.1) is 0 Å². The second-order valence-electron chi connectivity index (χ2n) is 8.90. The molecule has 6 heteroatoms. The molecular weight excluding hydrogens is 434 g/mol. The summed E-state index contributed by atoms with van der Waals surface area (Å²) < 4.78 is 6.04. The smallest absolute Gasteiger partial charge is 0.131 e. The van der Waals surface area contributed by atoms with Crippen molar-refractivity contribution in [3.63, 3.8) is 0 Å². The van der Waals surface area contributed by atoms with Crippen LogP contribution in [0.2, 0.25) is 5.02 Å². The van der Waals surface area contributed by atoms with Crippen LogP contribution in [0, 0.1) is 0 Å². The van der Waals surface area contributed by atoms with Gasteiger partial charge in [-0.3, -0.25) is 4.98 Å². The van der Waals surface area contributed by atoms with Crippen molar-refractivity contribution in [3.05, 3.63) is 82.6 Å².